The van der Waals surface area contributed by atoms with E-state index in [0.29, 0.717) is 23.6 Å². The Kier molecular flexibility index (Phi) is 6.89. The normalized spacial score (nSPS) is 10.8. The Balaban J connectivity index is 1.63. The van der Waals surface area contributed by atoms with Crippen molar-refractivity contribution in [2.75, 3.05) is 11.9 Å². The number of pyridine rings is 1. The van der Waals surface area contributed by atoms with E-state index in [1.807, 2.05) is 79.7 Å². The maximum Gasteiger partial charge on any atom is 0.298 e. The molecule has 1 amide bonds. The van der Waals surface area contributed by atoms with Gasteiger partial charge in [0, 0.05) is 23.0 Å². The zero-order chi connectivity index (χ0) is 23.2. The lowest BCUT2D eigenvalue weighted by Crippen LogP contribution is -2.24. The summed E-state index contributed by atoms with van der Waals surface area (Å²) in [5.74, 6) is -0.481. The second kappa shape index (κ2) is 10.2. The average molecular weight is 441 g/mol. The SMILES string of the molecule is CCCCc1ccc(NC(=O)C(=O)c2c(-c3ccc(OCC)cc3)cc3ccccn23)cc1. The molecule has 5 heteroatoms. The van der Waals surface area contributed by atoms with Gasteiger partial charge in [-0.15, -0.1) is 0 Å². The fourth-order valence-corrected chi connectivity index (χ4v) is 3.90. The van der Waals surface area contributed by atoms with Gasteiger partial charge in [-0.25, -0.2) is 0 Å². The molecule has 0 aliphatic heterocycles. The molecule has 2 aromatic heterocycles. The number of benzene rings is 2. The van der Waals surface area contributed by atoms with Crippen LogP contribution >= 0.6 is 0 Å². The summed E-state index contributed by atoms with van der Waals surface area (Å²) >= 11 is 0. The number of aryl methyl sites for hydroxylation is 1. The zero-order valence-electron chi connectivity index (χ0n) is 19.0. The molecule has 5 nitrogen and oxygen atoms in total. The standard InChI is InChI=1S/C28H28N2O3/c1-3-5-8-20-10-14-22(15-11-20)29-28(32)27(31)26-25(19-23-9-6-7-18-30(23)26)21-12-16-24(17-13-21)33-4-2/h6-7,9-19H,3-5,8H2,1-2H3,(H,29,32). The molecule has 0 atom stereocenters. The summed E-state index contributed by atoms with van der Waals surface area (Å²) in [5, 5.41) is 2.76. The highest BCUT2D eigenvalue weighted by molar-refractivity contribution is 6.47. The van der Waals surface area contributed by atoms with Gasteiger partial charge < -0.3 is 14.5 Å². The first kappa shape index (κ1) is 22.3. The van der Waals surface area contributed by atoms with E-state index in [4.69, 9.17) is 4.74 Å². The van der Waals surface area contributed by atoms with Crippen molar-refractivity contribution < 1.29 is 14.3 Å². The molecule has 0 saturated heterocycles. The Hall–Kier alpha value is -3.86. The van der Waals surface area contributed by atoms with Crippen molar-refractivity contribution in [2.45, 2.75) is 33.1 Å². The fraction of sp³-hybridized carbons (Fsp3) is 0.214. The lowest BCUT2D eigenvalue weighted by atomic mass is 10.0. The van der Waals surface area contributed by atoms with Crippen LogP contribution in [-0.4, -0.2) is 22.7 Å². The molecule has 0 unspecified atom stereocenters. The molecule has 0 saturated carbocycles. The predicted octanol–water partition coefficient (Wildman–Crippen LogP) is 6.17. The molecule has 0 fully saturated rings. The molecule has 168 valence electrons. The van der Waals surface area contributed by atoms with Gasteiger partial charge in [-0.05, 0) is 73.4 Å². The maximum absolute atomic E-state index is 13.3. The van der Waals surface area contributed by atoms with Crippen molar-refractivity contribution in [1.29, 1.82) is 0 Å². The number of Topliss-reactive ketones (excluding diaryl/α,β-unsaturated/α-hetero) is 1. The Morgan fingerprint density at radius 1 is 0.939 bits per heavy atom. The number of hydrogen-bond acceptors (Lipinski definition) is 3. The number of aromatic nitrogens is 1. The van der Waals surface area contributed by atoms with E-state index in [1.54, 1.807) is 10.6 Å². The Morgan fingerprint density at radius 3 is 2.39 bits per heavy atom. The number of hydrogen-bond donors (Lipinski definition) is 1. The van der Waals surface area contributed by atoms with Crippen LogP contribution in [0.25, 0.3) is 16.6 Å². The van der Waals surface area contributed by atoms with Crippen LogP contribution in [0.15, 0.2) is 79.0 Å². The second-order valence-electron chi connectivity index (χ2n) is 7.94. The lowest BCUT2D eigenvalue weighted by molar-refractivity contribution is -0.112. The monoisotopic (exact) mass is 440 g/mol. The topological polar surface area (TPSA) is 59.8 Å². The number of carbonyl (C=O) groups excluding carboxylic acids is 2. The molecule has 2 heterocycles. The smallest absolute Gasteiger partial charge is 0.298 e. The lowest BCUT2D eigenvalue weighted by Gasteiger charge is -2.09. The fourth-order valence-electron chi connectivity index (χ4n) is 3.90. The van der Waals surface area contributed by atoms with Crippen molar-refractivity contribution in [3.05, 3.63) is 90.3 Å². The first-order chi connectivity index (χ1) is 16.1. The molecule has 1 N–H and O–H groups in total. The molecule has 2 aromatic carbocycles. The highest BCUT2D eigenvalue weighted by atomic mass is 16.5. The molecule has 4 rings (SSSR count). The number of fused-ring (bicyclic) bond motifs is 1. The summed E-state index contributed by atoms with van der Waals surface area (Å²) in [4.78, 5) is 26.3. The van der Waals surface area contributed by atoms with Crippen molar-refractivity contribution in [1.82, 2.24) is 4.40 Å². The summed E-state index contributed by atoms with van der Waals surface area (Å²) in [6, 6.07) is 22.8. The molecular weight excluding hydrogens is 412 g/mol. The van der Waals surface area contributed by atoms with Gasteiger partial charge in [0.1, 0.15) is 11.4 Å². The first-order valence-corrected chi connectivity index (χ1v) is 11.4. The first-order valence-electron chi connectivity index (χ1n) is 11.4. The van der Waals surface area contributed by atoms with Crippen molar-refractivity contribution in [3.63, 3.8) is 0 Å². The molecule has 0 spiro atoms. The summed E-state index contributed by atoms with van der Waals surface area (Å²) in [7, 11) is 0. The quantitative estimate of drug-likeness (QED) is 0.250. The summed E-state index contributed by atoms with van der Waals surface area (Å²) in [5.41, 5.74) is 4.57. The number of ether oxygens (including phenoxy) is 1. The van der Waals surface area contributed by atoms with Crippen molar-refractivity contribution in [2.24, 2.45) is 0 Å². The summed E-state index contributed by atoms with van der Waals surface area (Å²) < 4.78 is 7.30. The average Bonchev–Trinajstić information content (AvgIpc) is 3.23. The van der Waals surface area contributed by atoms with Crippen LogP contribution in [0.4, 0.5) is 5.69 Å². The minimum atomic E-state index is -0.660. The van der Waals surface area contributed by atoms with Gasteiger partial charge in [-0.1, -0.05) is 43.7 Å². The summed E-state index contributed by atoms with van der Waals surface area (Å²) in [6.07, 6.45) is 5.07. The van der Waals surface area contributed by atoms with E-state index in [9.17, 15) is 9.59 Å². The highest BCUT2D eigenvalue weighted by Gasteiger charge is 2.25. The van der Waals surface area contributed by atoms with E-state index in [0.717, 1.165) is 36.1 Å². The Bertz CT molecular complexity index is 1250. The summed E-state index contributed by atoms with van der Waals surface area (Å²) in [6.45, 7) is 4.68. The van der Waals surface area contributed by atoms with E-state index in [2.05, 4.69) is 12.2 Å². The van der Waals surface area contributed by atoms with Crippen LogP contribution in [0.1, 0.15) is 42.7 Å². The van der Waals surface area contributed by atoms with Gasteiger partial charge in [-0.3, -0.25) is 9.59 Å². The molecule has 0 aliphatic carbocycles. The third-order valence-corrected chi connectivity index (χ3v) is 5.61. The molecule has 0 bridgehead atoms. The number of ketones is 1. The molecule has 0 aliphatic rings. The van der Waals surface area contributed by atoms with Gasteiger partial charge >= 0.3 is 0 Å². The van der Waals surface area contributed by atoms with Gasteiger partial charge in [0.25, 0.3) is 11.7 Å². The van der Waals surface area contributed by atoms with Gasteiger partial charge in [-0.2, -0.15) is 0 Å². The Morgan fingerprint density at radius 2 is 1.70 bits per heavy atom. The largest absolute Gasteiger partial charge is 0.494 e. The van der Waals surface area contributed by atoms with E-state index in [-0.39, 0.29) is 0 Å². The molecule has 4 aromatic rings. The highest BCUT2D eigenvalue weighted by Crippen LogP contribution is 2.30. The minimum Gasteiger partial charge on any atom is -0.494 e. The third-order valence-electron chi connectivity index (χ3n) is 5.61. The van der Waals surface area contributed by atoms with E-state index < -0.39 is 11.7 Å². The van der Waals surface area contributed by atoms with Crippen LogP contribution in [0.3, 0.4) is 0 Å². The van der Waals surface area contributed by atoms with Crippen LogP contribution in [-0.2, 0) is 11.2 Å². The number of rotatable bonds is 9. The second-order valence-corrected chi connectivity index (χ2v) is 7.94. The number of anilines is 1. The van der Waals surface area contributed by atoms with E-state index >= 15 is 0 Å². The van der Waals surface area contributed by atoms with Crippen LogP contribution < -0.4 is 10.1 Å². The number of carbonyl (C=O) groups is 2. The minimum absolute atomic E-state index is 0.340. The number of amides is 1. The number of nitrogens with one attached hydrogen (secondary N) is 1. The van der Waals surface area contributed by atoms with Gasteiger partial charge in [0.15, 0.2) is 0 Å². The van der Waals surface area contributed by atoms with Crippen molar-refractivity contribution in [3.8, 4) is 16.9 Å². The number of unbranched alkanes of at least 4 members (excludes halogenated alkanes) is 1. The molecule has 0 radical (unpaired) electrons. The maximum atomic E-state index is 13.3. The molecule has 33 heavy (non-hydrogen) atoms. The zero-order valence-corrected chi connectivity index (χ0v) is 19.0. The van der Waals surface area contributed by atoms with Crippen LogP contribution in [0.5, 0.6) is 5.75 Å². The van der Waals surface area contributed by atoms with Crippen LogP contribution in [0, 0.1) is 0 Å². The van der Waals surface area contributed by atoms with Crippen molar-refractivity contribution >= 4 is 22.9 Å². The van der Waals surface area contributed by atoms with Gasteiger partial charge in [0.05, 0.1) is 6.61 Å². The molecular formula is C28H28N2O3. The van der Waals surface area contributed by atoms with Crippen LogP contribution in [0.2, 0.25) is 0 Å². The predicted molar refractivity (Wildman–Crippen MR) is 132 cm³/mol. The van der Waals surface area contributed by atoms with Gasteiger partial charge in [0.2, 0.25) is 0 Å². The Labute approximate surface area is 194 Å². The number of nitrogens with zero attached hydrogens (tertiary/aromatic N) is 1. The third kappa shape index (κ3) is 4.98. The van der Waals surface area contributed by atoms with E-state index in [1.165, 1.54) is 5.56 Å².